The molecule has 10 heteroatoms. The van der Waals surface area contributed by atoms with Crippen LogP contribution < -0.4 is 15.8 Å². The van der Waals surface area contributed by atoms with Crippen molar-refractivity contribution in [1.29, 1.82) is 0 Å². The van der Waals surface area contributed by atoms with Crippen LogP contribution in [0.15, 0.2) is 127 Å². The third kappa shape index (κ3) is 9.47. The lowest BCUT2D eigenvalue weighted by atomic mass is 9.57. The zero-order valence-electron chi connectivity index (χ0n) is 40.1. The summed E-state index contributed by atoms with van der Waals surface area (Å²) >= 11 is 0. The number of aliphatic hydroxyl groups excluding tert-OH is 1. The van der Waals surface area contributed by atoms with Crippen LogP contribution in [0.2, 0.25) is 0 Å². The molecule has 5 aromatic carbocycles. The van der Waals surface area contributed by atoms with Gasteiger partial charge in [0.05, 0.1) is 31.1 Å². The van der Waals surface area contributed by atoms with E-state index in [1.165, 1.54) is 22.3 Å². The van der Waals surface area contributed by atoms with Gasteiger partial charge in [0.15, 0.2) is 11.5 Å². The monoisotopic (exact) mass is 941 g/mol. The molecular weight excluding hydrogens is 875 g/mol. The minimum Gasteiger partial charge on any atom is -0.508 e. The topological polar surface area (TPSA) is 152 Å². The lowest BCUT2D eigenvalue weighted by molar-refractivity contribution is -0.0874. The van der Waals surface area contributed by atoms with E-state index in [4.69, 9.17) is 19.9 Å². The maximum absolute atomic E-state index is 11.7. The van der Waals surface area contributed by atoms with Crippen molar-refractivity contribution in [3.63, 3.8) is 0 Å². The normalized spacial score (nSPS) is 25.5. The molecule has 10 nitrogen and oxygen atoms in total. The maximum Gasteiger partial charge on any atom is 0.161 e. The van der Waals surface area contributed by atoms with E-state index in [1.54, 1.807) is 24.3 Å². The number of phenols is 3. The summed E-state index contributed by atoms with van der Waals surface area (Å²) in [5, 5.41) is 49.3. The molecule has 5 aliphatic rings. The van der Waals surface area contributed by atoms with Gasteiger partial charge < -0.3 is 50.3 Å². The van der Waals surface area contributed by atoms with E-state index in [1.807, 2.05) is 36.4 Å². The summed E-state index contributed by atoms with van der Waals surface area (Å²) in [5.41, 5.74) is 16.7. The van der Waals surface area contributed by atoms with Crippen molar-refractivity contribution in [3.8, 4) is 23.0 Å². The summed E-state index contributed by atoms with van der Waals surface area (Å²) in [6.07, 6.45) is 19.5. The number of hydrogen-bond acceptors (Lipinski definition) is 9. The number of dihydropyridines is 1. The first-order chi connectivity index (χ1) is 34.2. The SMILES string of the molecule is NC1C=CC2=C(N1)n1cc3cc(C45CCOCC4CCc4ccccc45)cc(c3c1)COc1cc(ccc1O)CCC(O)CC1OC2CCC1CCCCCc1ccc(O)c(Cc2cccc(O)c2)c1. The average Bonchev–Trinajstić information content (AvgIpc) is 3.81. The molecule has 6 bridgehead atoms. The van der Waals surface area contributed by atoms with E-state index >= 15 is 0 Å². The quantitative estimate of drug-likeness (QED) is 0.0779. The molecule has 5 heterocycles. The zero-order chi connectivity index (χ0) is 47.8. The Bertz CT molecular complexity index is 2920. The number of nitrogens with zero attached hydrogens (tertiary/aromatic N) is 1. The van der Waals surface area contributed by atoms with Gasteiger partial charge in [-0.15, -0.1) is 0 Å². The molecule has 364 valence electrons. The van der Waals surface area contributed by atoms with Gasteiger partial charge in [0.2, 0.25) is 0 Å². The number of phenolic OH excluding ortho intramolecular Hbond substituents is 3. The van der Waals surface area contributed by atoms with Crippen LogP contribution in [0.4, 0.5) is 0 Å². The van der Waals surface area contributed by atoms with Crippen molar-refractivity contribution in [2.45, 2.75) is 126 Å². The molecule has 0 radical (unpaired) electrons. The Kier molecular flexibility index (Phi) is 13.2. The molecule has 0 amide bonds. The van der Waals surface area contributed by atoms with Crippen LogP contribution in [-0.2, 0) is 47.2 Å². The smallest absolute Gasteiger partial charge is 0.161 e. The Morgan fingerprint density at radius 1 is 0.800 bits per heavy atom. The number of nitrogens with one attached hydrogen (secondary N) is 1. The standard InChI is InChI=1S/C60H67N3O7/c61-58-24-20-50-55-23-17-42(10-3-1-2-7-38-14-21-53(66)43(27-38)28-40-8-6-11-48(64)29-40)56(70-55)33-49(65)19-13-39-15-22-54(67)57(30-39)69-36-45-32-47(31-44-34-63(35-51(44)45)59(50)62-58)60-25-26-68-37-46(60)18-16-41-9-4-5-12-52(41)60/h4-6,8-9,11-12,14-15,20-22,24,27,29-32,34-35,42,46,49,55-56,58,62,64-67H,1-3,7,10,13,16-19,23,25-26,28,33,36-37,61H2. The van der Waals surface area contributed by atoms with E-state index in [9.17, 15) is 20.4 Å². The summed E-state index contributed by atoms with van der Waals surface area (Å²) in [7, 11) is 0. The highest BCUT2D eigenvalue weighted by Crippen LogP contribution is 2.52. The molecule has 7 unspecified atom stereocenters. The number of unbranched alkanes of at least 4 members (excludes halogenated alkanes) is 2. The number of aromatic hydroxyl groups is 3. The molecule has 0 spiro atoms. The molecule has 70 heavy (non-hydrogen) atoms. The highest BCUT2D eigenvalue weighted by atomic mass is 16.5. The molecule has 6 aromatic rings. The van der Waals surface area contributed by atoms with Gasteiger partial charge in [0, 0.05) is 47.2 Å². The summed E-state index contributed by atoms with van der Waals surface area (Å²) in [6.45, 7) is 1.69. The van der Waals surface area contributed by atoms with E-state index in [-0.39, 0.29) is 47.6 Å². The van der Waals surface area contributed by atoms with Crippen LogP contribution >= 0.6 is 0 Å². The maximum atomic E-state index is 11.7. The number of aromatic nitrogens is 1. The van der Waals surface area contributed by atoms with Crippen molar-refractivity contribution in [1.82, 2.24) is 9.88 Å². The van der Waals surface area contributed by atoms with Crippen LogP contribution in [0, 0.1) is 11.8 Å². The van der Waals surface area contributed by atoms with Crippen LogP contribution in [-0.4, -0.2) is 62.7 Å². The van der Waals surface area contributed by atoms with Crippen molar-refractivity contribution in [2.24, 2.45) is 17.6 Å². The Hall–Kier alpha value is -6.04. The molecule has 0 saturated carbocycles. The Labute approximate surface area is 411 Å². The lowest BCUT2D eigenvalue weighted by Crippen LogP contribution is -2.47. The Morgan fingerprint density at radius 2 is 1.70 bits per heavy atom. The zero-order valence-corrected chi connectivity index (χ0v) is 40.1. The first-order valence-electron chi connectivity index (χ1n) is 25.8. The molecule has 1 aliphatic carbocycles. The molecule has 11 rings (SSSR count). The van der Waals surface area contributed by atoms with E-state index in [0.29, 0.717) is 49.9 Å². The summed E-state index contributed by atoms with van der Waals surface area (Å²) in [4.78, 5) is 0. The van der Waals surface area contributed by atoms with Crippen LogP contribution in [0.1, 0.15) is 109 Å². The number of benzene rings is 5. The van der Waals surface area contributed by atoms with Crippen molar-refractivity contribution >= 4 is 16.6 Å². The molecule has 4 aliphatic heterocycles. The number of aliphatic hydroxyl groups is 1. The highest BCUT2D eigenvalue weighted by molar-refractivity contribution is 5.88. The second-order valence-electron chi connectivity index (χ2n) is 20.8. The fourth-order valence-electron chi connectivity index (χ4n) is 12.6. The second-order valence-corrected chi connectivity index (χ2v) is 20.8. The lowest BCUT2D eigenvalue weighted by Gasteiger charge is -2.49. The predicted molar refractivity (Wildman–Crippen MR) is 274 cm³/mol. The minimum atomic E-state index is -0.574. The fourth-order valence-corrected chi connectivity index (χ4v) is 12.6. The summed E-state index contributed by atoms with van der Waals surface area (Å²) in [6, 6.07) is 32.4. The van der Waals surface area contributed by atoms with Crippen molar-refractivity contribution in [3.05, 3.63) is 172 Å². The Morgan fingerprint density at radius 3 is 2.61 bits per heavy atom. The molecule has 7 N–H and O–H groups in total. The third-order valence-electron chi connectivity index (χ3n) is 16.3. The van der Waals surface area contributed by atoms with Crippen molar-refractivity contribution < 1.29 is 34.6 Å². The third-order valence-corrected chi connectivity index (χ3v) is 16.3. The van der Waals surface area contributed by atoms with Gasteiger partial charge in [0.25, 0.3) is 0 Å². The summed E-state index contributed by atoms with van der Waals surface area (Å²) < 4.78 is 22.2. The van der Waals surface area contributed by atoms with Crippen LogP contribution in [0.5, 0.6) is 23.0 Å². The van der Waals surface area contributed by atoms with Gasteiger partial charge >= 0.3 is 0 Å². The van der Waals surface area contributed by atoms with E-state index in [2.05, 4.69) is 70.8 Å². The number of aryl methyl sites for hydroxylation is 3. The van der Waals surface area contributed by atoms with E-state index < -0.39 is 6.10 Å². The van der Waals surface area contributed by atoms with Gasteiger partial charge in [-0.1, -0.05) is 79.6 Å². The molecule has 1 aromatic heterocycles. The number of nitrogens with two attached hydrogens (primary N) is 1. The van der Waals surface area contributed by atoms with Crippen molar-refractivity contribution in [2.75, 3.05) is 13.2 Å². The first kappa shape index (κ1) is 46.3. The second kappa shape index (κ2) is 20.0. The number of rotatable bonds is 9. The average molecular weight is 942 g/mol. The minimum absolute atomic E-state index is 0.0946. The molecule has 7 atom stereocenters. The number of fused-ring (bicyclic) bond motifs is 10. The Balaban J connectivity index is 0.886. The van der Waals surface area contributed by atoms with Crippen LogP contribution in [0.3, 0.4) is 0 Å². The van der Waals surface area contributed by atoms with Gasteiger partial charge in [-0.05, 0) is 169 Å². The van der Waals surface area contributed by atoms with E-state index in [0.717, 1.165) is 115 Å². The molecular formula is C60H67N3O7. The van der Waals surface area contributed by atoms with Gasteiger partial charge in [-0.2, -0.15) is 0 Å². The molecule has 2 fully saturated rings. The van der Waals surface area contributed by atoms with Gasteiger partial charge in [0.1, 0.15) is 23.9 Å². The van der Waals surface area contributed by atoms with Gasteiger partial charge in [-0.3, -0.25) is 0 Å². The largest absolute Gasteiger partial charge is 0.508 e. The van der Waals surface area contributed by atoms with Crippen LogP contribution in [0.25, 0.3) is 16.6 Å². The fraction of sp³-hybridized carbons (Fsp3) is 0.400. The summed E-state index contributed by atoms with van der Waals surface area (Å²) in [5.74, 6) is 2.57. The first-order valence-corrected chi connectivity index (χ1v) is 25.8. The predicted octanol–water partition coefficient (Wildman–Crippen LogP) is 10.5. The van der Waals surface area contributed by atoms with Gasteiger partial charge in [-0.25, -0.2) is 0 Å². The molecule has 2 saturated heterocycles. The number of hydrogen-bond donors (Lipinski definition) is 6. The highest BCUT2D eigenvalue weighted by Gasteiger charge is 2.48. The number of ether oxygens (including phenoxy) is 3.